The van der Waals surface area contributed by atoms with Gasteiger partial charge in [0.05, 0.1) is 92.1 Å². The van der Waals surface area contributed by atoms with Gasteiger partial charge in [-0.2, -0.15) is 0 Å². The predicted octanol–water partition coefficient (Wildman–Crippen LogP) is 2.81. The van der Waals surface area contributed by atoms with Gasteiger partial charge in [-0.1, -0.05) is 138 Å². The minimum absolute atomic E-state index is 0.0338. The van der Waals surface area contributed by atoms with Crippen LogP contribution in [0, 0.1) is 59.2 Å². The number of hydrogen-bond donors (Lipinski definition) is 20. The molecule has 0 aromatic carbocycles. The molecule has 25 heteroatoms. The first-order valence-corrected chi connectivity index (χ1v) is 36.3. The molecule has 0 amide bonds. The second kappa shape index (κ2) is 46.6. The van der Waals surface area contributed by atoms with Gasteiger partial charge < -0.3 is 118 Å². The Bertz CT molecular complexity index is 2330. The van der Waals surface area contributed by atoms with Gasteiger partial charge >= 0.3 is 5.97 Å². The normalized spacial score (nSPS) is 43.2. The van der Waals surface area contributed by atoms with Crippen LogP contribution in [0.3, 0.4) is 0 Å². The van der Waals surface area contributed by atoms with Crippen molar-refractivity contribution in [1.82, 2.24) is 0 Å². The highest BCUT2D eigenvalue weighted by Gasteiger charge is 2.46. The number of aliphatic hydroxyl groups excluding tert-OH is 18. The summed E-state index contributed by atoms with van der Waals surface area (Å²) in [5.41, 5.74) is 11.7. The van der Waals surface area contributed by atoms with Crippen LogP contribution in [0.1, 0.15) is 199 Å². The number of nitrogens with two attached hydrogens (primary N) is 2. The van der Waals surface area contributed by atoms with E-state index in [9.17, 15) is 96.7 Å². The molecular weight excluding hydrogens is 1270 g/mol. The van der Waals surface area contributed by atoms with Crippen LogP contribution in [0.5, 0.6) is 0 Å². The Morgan fingerprint density at radius 3 is 1.70 bits per heavy atom. The fourth-order valence-corrected chi connectivity index (χ4v) is 13.3. The number of hydrogen-bond acceptors (Lipinski definition) is 23. The molecule has 98 heavy (non-hydrogen) atoms. The molecule has 1 fully saturated rings. The summed E-state index contributed by atoms with van der Waals surface area (Å²) in [5.74, 6) is -6.47. The highest BCUT2D eigenvalue weighted by Crippen LogP contribution is 2.33. The topological polar surface area (TPSA) is 473 Å². The maximum Gasteiger partial charge on any atom is 0.306 e. The lowest BCUT2D eigenvalue weighted by Gasteiger charge is -2.41. The Morgan fingerprint density at radius 1 is 0.541 bits per heavy atom. The monoisotopic (exact) mass is 1410 g/mol. The molecule has 0 radical (unpaired) electrons. The molecule has 0 aromatic heterocycles. The quantitative estimate of drug-likeness (QED) is 0.0465. The summed E-state index contributed by atoms with van der Waals surface area (Å²) in [7, 11) is 0. The van der Waals surface area contributed by atoms with Crippen molar-refractivity contribution < 1.29 is 111 Å². The summed E-state index contributed by atoms with van der Waals surface area (Å²) in [4.78, 5) is 17.6. The van der Waals surface area contributed by atoms with Gasteiger partial charge in [-0.3, -0.25) is 9.79 Å². The summed E-state index contributed by atoms with van der Waals surface area (Å²) in [6.45, 7) is 20.1. The summed E-state index contributed by atoms with van der Waals surface area (Å²) in [6, 6.07) is 0. The number of carbonyl (C=O) groups excluding carboxylic acids is 1. The van der Waals surface area contributed by atoms with E-state index < -0.39 is 194 Å². The van der Waals surface area contributed by atoms with Crippen molar-refractivity contribution in [2.45, 2.75) is 327 Å². The molecule has 2 aliphatic heterocycles. The second-order valence-electron chi connectivity index (χ2n) is 29.6. The van der Waals surface area contributed by atoms with E-state index in [-0.39, 0.29) is 56.0 Å². The van der Waals surface area contributed by atoms with Gasteiger partial charge in [0.1, 0.15) is 36.6 Å². The molecule has 26 unspecified atom stereocenters. The number of aliphatic hydroxyl groups is 18. The van der Waals surface area contributed by atoms with E-state index in [4.69, 9.17) is 25.7 Å². The van der Waals surface area contributed by atoms with Crippen LogP contribution in [0.4, 0.5) is 0 Å². The van der Waals surface area contributed by atoms with E-state index in [1.54, 1.807) is 74.5 Å². The van der Waals surface area contributed by atoms with Crippen LogP contribution in [-0.4, -0.2) is 245 Å². The van der Waals surface area contributed by atoms with E-state index in [1.807, 2.05) is 26.0 Å². The Labute approximate surface area is 584 Å². The maximum atomic E-state index is 13.5. The van der Waals surface area contributed by atoms with Gasteiger partial charge in [0.15, 0.2) is 12.2 Å². The molecule has 2 aliphatic rings. The molecule has 2 rings (SSSR count). The SMILES string of the molecule is C/C1=C\C(C)C(O)/C(C)=C/C(O[C@H]2O[C@H](CO)[C@@H](O)[C@H](O)[C@@H]2O)C(O)C(C)C(O)CC(O)/C=C/C(C)C(O)C(C)CCC(O)CC(O)C(C)C(O)C(C)C(O)CC(O)CC(O)C(C)C(C(C)CCCCCCN=C(N)N)OC(=O)CCCCCC(O)C(C)C(O)CC/C=C/C(C)C1O. The highest BCUT2D eigenvalue weighted by atomic mass is 16.7. The van der Waals surface area contributed by atoms with Gasteiger partial charge in [0, 0.05) is 66.7 Å². The molecule has 1 saturated heterocycles. The lowest BCUT2D eigenvalue weighted by molar-refractivity contribution is -0.314. The highest BCUT2D eigenvalue weighted by molar-refractivity contribution is 5.75. The van der Waals surface area contributed by atoms with E-state index in [2.05, 4.69) is 4.99 Å². The fourth-order valence-electron chi connectivity index (χ4n) is 13.3. The second-order valence-corrected chi connectivity index (χ2v) is 29.6. The number of unbranched alkanes of at least 4 members (excludes halogenated alkanes) is 3. The van der Waals surface area contributed by atoms with Crippen molar-refractivity contribution in [2.75, 3.05) is 13.2 Å². The fraction of sp³-hybridized carbons (Fsp3) is 0.863. The van der Waals surface area contributed by atoms with Crippen LogP contribution in [0.25, 0.3) is 0 Å². The van der Waals surface area contributed by atoms with Crippen molar-refractivity contribution in [3.8, 4) is 0 Å². The summed E-state index contributed by atoms with van der Waals surface area (Å²) >= 11 is 0. The number of rotatable bonds is 11. The first kappa shape index (κ1) is 91.0. The third-order valence-electron chi connectivity index (χ3n) is 21.0. The molecule has 22 N–H and O–H groups in total. The summed E-state index contributed by atoms with van der Waals surface area (Å²) < 4.78 is 17.8. The van der Waals surface area contributed by atoms with E-state index in [1.165, 1.54) is 19.1 Å². The average Bonchev–Trinajstić information content (AvgIpc) is 0.808. The lowest BCUT2D eigenvalue weighted by atomic mass is 9.81. The molecule has 0 saturated carbocycles. The van der Waals surface area contributed by atoms with E-state index in [0.29, 0.717) is 63.5 Å². The zero-order valence-corrected chi connectivity index (χ0v) is 60.8. The third kappa shape index (κ3) is 31.5. The Morgan fingerprint density at radius 2 is 1.09 bits per heavy atom. The third-order valence-corrected chi connectivity index (χ3v) is 21.0. The van der Waals surface area contributed by atoms with Gasteiger partial charge in [-0.15, -0.1) is 0 Å². The van der Waals surface area contributed by atoms with E-state index in [0.717, 1.165) is 25.7 Å². The molecule has 25 nitrogen and oxygen atoms in total. The first-order valence-electron chi connectivity index (χ1n) is 36.3. The zero-order chi connectivity index (χ0) is 74.4. The molecule has 574 valence electrons. The van der Waals surface area contributed by atoms with Crippen molar-refractivity contribution >= 4 is 11.9 Å². The molecule has 31 atom stereocenters. The Balaban J connectivity index is 2.44. The number of ether oxygens (including phenoxy) is 3. The lowest BCUT2D eigenvalue weighted by Crippen LogP contribution is -2.60. The number of carbonyl (C=O) groups is 1. The van der Waals surface area contributed by atoms with Crippen molar-refractivity contribution in [1.29, 1.82) is 0 Å². The van der Waals surface area contributed by atoms with Gasteiger partial charge in [0.2, 0.25) is 0 Å². The van der Waals surface area contributed by atoms with Crippen LogP contribution in [0.2, 0.25) is 0 Å². The van der Waals surface area contributed by atoms with Gasteiger partial charge in [-0.05, 0) is 107 Å². The number of allylic oxidation sites excluding steroid dienone is 1. The first-order chi connectivity index (χ1) is 45.9. The number of guanidine groups is 1. The summed E-state index contributed by atoms with van der Waals surface area (Å²) in [5, 5.41) is 201. The van der Waals surface area contributed by atoms with Gasteiger partial charge in [-0.25, -0.2) is 0 Å². The molecular formula is C73H135N3O22. The standard InChI is InChI=1S/C73H135N3O22/c1-39-22-19-20-25-55(82)46(8)54(81)24-17-15-18-26-62(87)98-71(42(4)23-16-13-14-21-31-76-73(74)75)50(12)59(86)37-53(80)36-58(85)48(10)66(91)47(9)56(83)34-51(78)29-27-40(2)63(88)41(3)28-30-52(79)35-57(84)49(11)67(92)60(33-45(7)65(90)44(6)32-43(5)64(39)89)96-72-70(95)69(94)68(93)61(38-77)97-72/h19,22,28,30,32-33,39-42,44,46-61,63-72,77-86,88-95H,13-18,20-21,23-27,29,31,34-38H2,1-12H3,(H4,74,75,76)/b22-19+,30-28+,43-32+,45-33+/t39?,40?,41?,42?,44?,46?,47?,48?,49?,50?,51?,52?,53?,54?,55?,56?,57?,58?,59?,60?,61-,63?,64?,65?,66?,67?,68-,69+,70+,71?,72+/m1/s1. The van der Waals surface area contributed by atoms with Crippen LogP contribution < -0.4 is 11.5 Å². The minimum Gasteiger partial charge on any atom is -0.462 e. The molecule has 0 bridgehead atoms. The number of cyclic esters (lactones) is 1. The van der Waals surface area contributed by atoms with Crippen LogP contribution in [-0.2, 0) is 19.0 Å². The van der Waals surface area contributed by atoms with Crippen molar-refractivity contribution in [2.24, 2.45) is 75.6 Å². The number of aliphatic imine (C=N–C) groups is 1. The van der Waals surface area contributed by atoms with Crippen molar-refractivity contribution in [3.63, 3.8) is 0 Å². The summed E-state index contributed by atoms with van der Waals surface area (Å²) in [6.07, 6.45) is -11.0. The Kier molecular flexibility index (Phi) is 43.2. The minimum atomic E-state index is -1.87. The number of esters is 1. The largest absolute Gasteiger partial charge is 0.462 e. The Hall–Kier alpha value is -3.10. The zero-order valence-electron chi connectivity index (χ0n) is 60.8. The smallest absolute Gasteiger partial charge is 0.306 e. The van der Waals surface area contributed by atoms with Crippen molar-refractivity contribution in [3.05, 3.63) is 47.6 Å². The molecule has 0 aromatic rings. The average molecular weight is 1410 g/mol. The van der Waals surface area contributed by atoms with Gasteiger partial charge in [0.25, 0.3) is 0 Å². The molecule has 0 spiro atoms. The predicted molar refractivity (Wildman–Crippen MR) is 374 cm³/mol. The molecule has 2 heterocycles. The van der Waals surface area contributed by atoms with Crippen LogP contribution >= 0.6 is 0 Å². The number of nitrogens with zero attached hydrogens (tertiary/aromatic N) is 1. The van der Waals surface area contributed by atoms with Crippen LogP contribution in [0.15, 0.2) is 52.6 Å². The molecule has 0 aliphatic carbocycles. The van der Waals surface area contributed by atoms with E-state index >= 15 is 0 Å². The maximum absolute atomic E-state index is 13.5.